The number of aliphatic imine (C=N–C) groups is 1. The molecule has 2 amide bonds. The number of amidine groups is 1. The zero-order chi connectivity index (χ0) is 26.8. The number of hydrazone groups is 1. The van der Waals surface area contributed by atoms with Gasteiger partial charge >= 0.3 is 0 Å². The van der Waals surface area contributed by atoms with Crippen LogP contribution in [0.25, 0.3) is 0 Å². The molecule has 194 valence electrons. The first-order valence-electron chi connectivity index (χ1n) is 12.2. The molecule has 5 rings (SSSR count). The minimum atomic E-state index is -0.623. The van der Waals surface area contributed by atoms with Crippen molar-refractivity contribution >= 4 is 51.7 Å². The van der Waals surface area contributed by atoms with Gasteiger partial charge in [-0.05, 0) is 72.5 Å². The highest BCUT2D eigenvalue weighted by Gasteiger charge is 2.39. The molecule has 2 atom stereocenters. The normalized spacial score (nSPS) is 18.8. The standard InChI is InChI=1S/C29H27ClN4O3S/c1-17-7-6-10-23(18(17)2)31-27(35)16-26-28(36)32-29(38-26)34-25(21-8-4-5-9-22(21)30)15-24(33-34)19-11-13-20(37-3)14-12-19/h4-14,25-26H,15-16H2,1-3H3,(H,31,35)/t25-,26+/m0/s1. The smallest absolute Gasteiger partial charge is 0.262 e. The van der Waals surface area contributed by atoms with Gasteiger partial charge in [0, 0.05) is 23.6 Å². The fourth-order valence-electron chi connectivity index (χ4n) is 4.49. The van der Waals surface area contributed by atoms with E-state index in [-0.39, 0.29) is 24.3 Å². The Morgan fingerprint density at radius 1 is 1.11 bits per heavy atom. The molecular weight excluding hydrogens is 520 g/mol. The lowest BCUT2D eigenvalue weighted by Crippen LogP contribution is -2.25. The van der Waals surface area contributed by atoms with Crippen molar-refractivity contribution < 1.29 is 14.3 Å². The van der Waals surface area contributed by atoms with Crippen LogP contribution in [0.15, 0.2) is 76.8 Å². The summed E-state index contributed by atoms with van der Waals surface area (Å²) in [5.41, 5.74) is 5.54. The van der Waals surface area contributed by atoms with Gasteiger partial charge in [0.2, 0.25) is 5.91 Å². The Hall–Kier alpha value is -3.62. The topological polar surface area (TPSA) is 83.4 Å². The van der Waals surface area contributed by atoms with Gasteiger partial charge in [0.25, 0.3) is 5.91 Å². The van der Waals surface area contributed by atoms with E-state index >= 15 is 0 Å². The number of benzene rings is 3. The number of methoxy groups -OCH3 is 1. The Morgan fingerprint density at radius 2 is 1.87 bits per heavy atom. The van der Waals surface area contributed by atoms with E-state index in [1.165, 1.54) is 11.8 Å². The molecule has 0 bridgehead atoms. The SMILES string of the molecule is COc1ccc(C2=NN(C3=NC(=O)[C@@H](CC(=O)Nc4cccc(C)c4C)S3)[C@H](c3ccccc3Cl)C2)cc1. The van der Waals surface area contributed by atoms with E-state index in [1.54, 1.807) is 12.1 Å². The van der Waals surface area contributed by atoms with Gasteiger partial charge in [-0.1, -0.05) is 53.7 Å². The van der Waals surface area contributed by atoms with E-state index in [4.69, 9.17) is 21.4 Å². The fraction of sp³-hybridized carbons (Fsp3) is 0.241. The van der Waals surface area contributed by atoms with Crippen molar-refractivity contribution in [2.24, 2.45) is 10.1 Å². The van der Waals surface area contributed by atoms with Gasteiger partial charge < -0.3 is 10.1 Å². The molecule has 0 saturated carbocycles. The summed E-state index contributed by atoms with van der Waals surface area (Å²) in [4.78, 5) is 30.0. The maximum absolute atomic E-state index is 12.9. The molecule has 2 aliphatic heterocycles. The highest BCUT2D eigenvalue weighted by Crippen LogP contribution is 2.40. The number of hydrogen-bond acceptors (Lipinski definition) is 6. The van der Waals surface area contributed by atoms with Gasteiger partial charge in [0.05, 0.1) is 18.9 Å². The molecule has 0 saturated heterocycles. The van der Waals surface area contributed by atoms with Gasteiger partial charge in [0.15, 0.2) is 5.17 Å². The van der Waals surface area contributed by atoms with Crippen LogP contribution in [-0.2, 0) is 9.59 Å². The Balaban J connectivity index is 1.36. The van der Waals surface area contributed by atoms with Crippen LogP contribution in [-0.4, -0.2) is 40.1 Å². The highest BCUT2D eigenvalue weighted by molar-refractivity contribution is 8.15. The van der Waals surface area contributed by atoms with Crippen molar-refractivity contribution in [1.29, 1.82) is 0 Å². The molecule has 0 aliphatic carbocycles. The molecule has 1 N–H and O–H groups in total. The molecule has 9 heteroatoms. The molecule has 0 unspecified atom stereocenters. The third kappa shape index (κ3) is 5.33. The van der Waals surface area contributed by atoms with Gasteiger partial charge in [-0.3, -0.25) is 9.59 Å². The van der Waals surface area contributed by atoms with Crippen LogP contribution in [0.2, 0.25) is 5.02 Å². The van der Waals surface area contributed by atoms with Crippen LogP contribution >= 0.6 is 23.4 Å². The average molecular weight is 547 g/mol. The molecule has 7 nitrogen and oxygen atoms in total. The highest BCUT2D eigenvalue weighted by atomic mass is 35.5. The molecular formula is C29H27ClN4O3S. The first kappa shape index (κ1) is 26.0. The predicted octanol–water partition coefficient (Wildman–Crippen LogP) is 6.14. The summed E-state index contributed by atoms with van der Waals surface area (Å²) in [5, 5.41) is 10.0. The van der Waals surface area contributed by atoms with Gasteiger partial charge in [0.1, 0.15) is 11.0 Å². The minimum absolute atomic E-state index is 0.0174. The minimum Gasteiger partial charge on any atom is -0.497 e. The van der Waals surface area contributed by atoms with Crippen molar-refractivity contribution in [1.82, 2.24) is 5.01 Å². The first-order valence-corrected chi connectivity index (χ1v) is 13.5. The summed E-state index contributed by atoms with van der Waals surface area (Å²) in [7, 11) is 1.63. The van der Waals surface area contributed by atoms with Crippen LogP contribution in [0.3, 0.4) is 0 Å². The molecule has 3 aromatic rings. The van der Waals surface area contributed by atoms with Crippen LogP contribution in [0, 0.1) is 13.8 Å². The lowest BCUT2D eigenvalue weighted by atomic mass is 9.98. The van der Waals surface area contributed by atoms with Crippen LogP contribution in [0.5, 0.6) is 5.75 Å². The third-order valence-electron chi connectivity index (χ3n) is 6.77. The van der Waals surface area contributed by atoms with Crippen LogP contribution in [0.4, 0.5) is 5.69 Å². The summed E-state index contributed by atoms with van der Waals surface area (Å²) in [6.45, 7) is 3.95. The number of nitrogens with zero attached hydrogens (tertiary/aromatic N) is 3. The average Bonchev–Trinajstić information content (AvgIpc) is 3.51. The van der Waals surface area contributed by atoms with E-state index in [2.05, 4.69) is 10.3 Å². The second kappa shape index (κ2) is 11.0. The maximum atomic E-state index is 12.9. The summed E-state index contributed by atoms with van der Waals surface area (Å²) in [6, 6.07) is 20.8. The number of thioether (sulfide) groups is 1. The third-order valence-corrected chi connectivity index (χ3v) is 8.26. The summed E-state index contributed by atoms with van der Waals surface area (Å²) < 4.78 is 5.29. The van der Waals surface area contributed by atoms with E-state index in [1.807, 2.05) is 80.6 Å². The largest absolute Gasteiger partial charge is 0.497 e. The number of carbonyl (C=O) groups is 2. The predicted molar refractivity (Wildman–Crippen MR) is 153 cm³/mol. The number of nitrogens with one attached hydrogen (secondary N) is 1. The van der Waals surface area contributed by atoms with Gasteiger partial charge in [-0.15, -0.1) is 0 Å². The molecule has 2 aliphatic rings. The molecule has 0 aromatic heterocycles. The fourth-order valence-corrected chi connectivity index (χ4v) is 5.82. The maximum Gasteiger partial charge on any atom is 0.262 e. The van der Waals surface area contributed by atoms with E-state index in [0.29, 0.717) is 16.6 Å². The molecule has 38 heavy (non-hydrogen) atoms. The summed E-state index contributed by atoms with van der Waals surface area (Å²) in [6.07, 6.45) is 0.602. The molecule has 0 fully saturated rings. The zero-order valence-electron chi connectivity index (χ0n) is 21.3. The quantitative estimate of drug-likeness (QED) is 0.401. The molecule has 2 heterocycles. The second-order valence-corrected chi connectivity index (χ2v) is 10.8. The lowest BCUT2D eigenvalue weighted by molar-refractivity contribution is -0.121. The van der Waals surface area contributed by atoms with Gasteiger partial charge in [-0.2, -0.15) is 10.1 Å². The monoisotopic (exact) mass is 546 g/mol. The first-order chi connectivity index (χ1) is 18.3. The Morgan fingerprint density at radius 3 is 2.61 bits per heavy atom. The number of amides is 2. The van der Waals surface area contributed by atoms with Crippen molar-refractivity contribution in [2.75, 3.05) is 12.4 Å². The number of halogens is 1. The summed E-state index contributed by atoms with van der Waals surface area (Å²) >= 11 is 7.84. The van der Waals surface area contributed by atoms with Crippen LogP contribution < -0.4 is 10.1 Å². The van der Waals surface area contributed by atoms with Crippen molar-refractivity contribution in [3.8, 4) is 5.75 Å². The van der Waals surface area contributed by atoms with E-state index in [0.717, 1.165) is 39.4 Å². The summed E-state index contributed by atoms with van der Waals surface area (Å²) in [5.74, 6) is 0.190. The van der Waals surface area contributed by atoms with Crippen molar-refractivity contribution in [2.45, 2.75) is 38.0 Å². The number of hydrogen-bond donors (Lipinski definition) is 1. The Kier molecular flexibility index (Phi) is 7.53. The number of ether oxygens (including phenoxy) is 1. The van der Waals surface area contributed by atoms with Gasteiger partial charge in [-0.25, -0.2) is 5.01 Å². The Bertz CT molecular complexity index is 1450. The number of carbonyl (C=O) groups excluding carboxylic acids is 2. The molecule has 0 spiro atoms. The second-order valence-electron chi connectivity index (χ2n) is 9.20. The van der Waals surface area contributed by atoms with E-state index in [9.17, 15) is 9.59 Å². The van der Waals surface area contributed by atoms with Crippen LogP contribution in [0.1, 0.15) is 41.1 Å². The molecule has 3 aromatic carbocycles. The van der Waals surface area contributed by atoms with E-state index < -0.39 is 5.25 Å². The molecule has 0 radical (unpaired) electrons. The van der Waals surface area contributed by atoms with Crippen molar-refractivity contribution in [3.63, 3.8) is 0 Å². The lowest BCUT2D eigenvalue weighted by Gasteiger charge is -2.24. The Labute approximate surface area is 230 Å². The number of anilines is 1. The number of aryl methyl sites for hydroxylation is 1. The van der Waals surface area contributed by atoms with Crippen molar-refractivity contribution in [3.05, 3.63) is 94.0 Å². The zero-order valence-corrected chi connectivity index (χ0v) is 22.8. The number of rotatable bonds is 6.